The molecule has 3 rings (SSSR count). The van der Waals surface area contributed by atoms with Gasteiger partial charge in [-0.15, -0.1) is 0 Å². The molecule has 7 nitrogen and oxygen atoms in total. The summed E-state index contributed by atoms with van der Waals surface area (Å²) in [4.78, 5) is 28.0. The molecule has 0 fully saturated rings. The minimum absolute atomic E-state index is 0.0434. The molecule has 25 heavy (non-hydrogen) atoms. The molecule has 3 aromatic rings. The third kappa shape index (κ3) is 3.82. The molecule has 0 bridgehead atoms. The van der Waals surface area contributed by atoms with Gasteiger partial charge >= 0.3 is 5.97 Å². The highest BCUT2D eigenvalue weighted by atomic mass is 16.5. The number of anilines is 1. The molecule has 0 unspecified atom stereocenters. The van der Waals surface area contributed by atoms with E-state index in [-0.39, 0.29) is 24.8 Å². The molecule has 0 atom stereocenters. The van der Waals surface area contributed by atoms with E-state index in [1.165, 1.54) is 18.3 Å². The van der Waals surface area contributed by atoms with E-state index in [2.05, 4.69) is 15.5 Å². The van der Waals surface area contributed by atoms with Gasteiger partial charge in [-0.25, -0.2) is 9.78 Å². The number of aromatic nitrogens is 2. The third-order valence-electron chi connectivity index (χ3n) is 3.57. The first-order valence-electron chi connectivity index (χ1n) is 7.84. The number of benzene rings is 1. The van der Waals surface area contributed by atoms with Gasteiger partial charge in [0.1, 0.15) is 11.5 Å². The Bertz CT molecular complexity index is 933. The number of ether oxygens (including phenoxy) is 1. The first-order valence-corrected chi connectivity index (χ1v) is 7.84. The zero-order valence-electron chi connectivity index (χ0n) is 13.9. The number of nitrogens with one attached hydrogen (secondary N) is 1. The molecule has 7 heteroatoms. The number of amides is 1. The van der Waals surface area contributed by atoms with E-state index in [0.29, 0.717) is 16.8 Å². The van der Waals surface area contributed by atoms with Gasteiger partial charge in [0.2, 0.25) is 5.91 Å². The number of carbonyl (C=O) groups is 2. The van der Waals surface area contributed by atoms with Crippen LogP contribution in [-0.4, -0.2) is 28.6 Å². The minimum atomic E-state index is -0.460. The van der Waals surface area contributed by atoms with Crippen LogP contribution >= 0.6 is 0 Å². The minimum Gasteiger partial charge on any atom is -0.462 e. The molecule has 0 aliphatic heterocycles. The predicted octanol–water partition coefficient (Wildman–Crippen LogP) is 2.89. The first kappa shape index (κ1) is 16.6. The molecule has 1 N–H and O–H groups in total. The largest absolute Gasteiger partial charge is 0.462 e. The number of pyridine rings is 1. The average Bonchev–Trinajstić information content (AvgIpc) is 2.97. The summed E-state index contributed by atoms with van der Waals surface area (Å²) in [7, 11) is 0. The maximum absolute atomic E-state index is 12.3. The van der Waals surface area contributed by atoms with Crippen LogP contribution < -0.4 is 5.32 Å². The van der Waals surface area contributed by atoms with Crippen molar-refractivity contribution < 1.29 is 18.8 Å². The number of nitrogens with zero attached hydrogens (tertiary/aromatic N) is 2. The van der Waals surface area contributed by atoms with Crippen LogP contribution in [0.1, 0.15) is 28.5 Å². The molecule has 0 aliphatic carbocycles. The summed E-state index contributed by atoms with van der Waals surface area (Å²) in [6.07, 6.45) is 1.48. The van der Waals surface area contributed by atoms with Crippen molar-refractivity contribution >= 4 is 28.7 Å². The highest BCUT2D eigenvalue weighted by Crippen LogP contribution is 2.20. The van der Waals surface area contributed by atoms with Gasteiger partial charge in [0.25, 0.3) is 0 Å². The fraction of sp³-hybridized carbons (Fsp3) is 0.222. The molecule has 0 saturated carbocycles. The van der Waals surface area contributed by atoms with Crippen molar-refractivity contribution in [2.45, 2.75) is 20.3 Å². The Morgan fingerprint density at radius 3 is 2.88 bits per heavy atom. The fourth-order valence-corrected chi connectivity index (χ4v) is 2.41. The predicted molar refractivity (Wildman–Crippen MR) is 91.3 cm³/mol. The Balaban J connectivity index is 1.73. The molecule has 0 radical (unpaired) electrons. The van der Waals surface area contributed by atoms with Crippen molar-refractivity contribution in [3.8, 4) is 0 Å². The molecule has 1 amide bonds. The zero-order chi connectivity index (χ0) is 17.8. The van der Waals surface area contributed by atoms with E-state index in [1.807, 2.05) is 25.1 Å². The van der Waals surface area contributed by atoms with Gasteiger partial charge in [0.05, 0.1) is 18.6 Å². The van der Waals surface area contributed by atoms with Crippen LogP contribution in [0, 0.1) is 6.92 Å². The lowest BCUT2D eigenvalue weighted by Crippen LogP contribution is -2.16. The first-order chi connectivity index (χ1) is 12.1. The SMILES string of the molecule is CCOC(=O)c1ccnc(NC(=O)Cc2noc3ccc(C)cc23)c1. The van der Waals surface area contributed by atoms with E-state index >= 15 is 0 Å². The lowest BCUT2D eigenvalue weighted by atomic mass is 10.1. The Labute approximate surface area is 144 Å². The quantitative estimate of drug-likeness (QED) is 0.718. The summed E-state index contributed by atoms with van der Waals surface area (Å²) in [5, 5.41) is 7.42. The normalized spacial score (nSPS) is 10.6. The van der Waals surface area contributed by atoms with Crippen LogP contribution in [0.25, 0.3) is 11.0 Å². The molecule has 1 aromatic carbocycles. The van der Waals surface area contributed by atoms with E-state index < -0.39 is 5.97 Å². The standard InChI is InChI=1S/C18H17N3O4/c1-3-24-18(23)12-6-7-19-16(9-12)20-17(22)10-14-13-8-11(2)4-5-15(13)25-21-14/h4-9H,3,10H2,1-2H3,(H,19,20,22). The number of aryl methyl sites for hydroxylation is 1. The van der Waals surface area contributed by atoms with Crippen LogP contribution in [0.3, 0.4) is 0 Å². The topological polar surface area (TPSA) is 94.3 Å². The number of carbonyl (C=O) groups excluding carboxylic acids is 2. The molecular weight excluding hydrogens is 322 g/mol. The van der Waals surface area contributed by atoms with Crippen LogP contribution in [0.15, 0.2) is 41.1 Å². The van der Waals surface area contributed by atoms with Crippen molar-refractivity contribution in [3.63, 3.8) is 0 Å². The highest BCUT2D eigenvalue weighted by Gasteiger charge is 2.14. The maximum Gasteiger partial charge on any atom is 0.338 e. The number of hydrogen-bond donors (Lipinski definition) is 1. The Morgan fingerprint density at radius 1 is 1.24 bits per heavy atom. The Kier molecular flexibility index (Phi) is 4.74. The smallest absolute Gasteiger partial charge is 0.338 e. The highest BCUT2D eigenvalue weighted by molar-refractivity contribution is 5.95. The van der Waals surface area contributed by atoms with Crippen molar-refractivity contribution in [2.24, 2.45) is 0 Å². The van der Waals surface area contributed by atoms with Crippen molar-refractivity contribution in [2.75, 3.05) is 11.9 Å². The van der Waals surface area contributed by atoms with Crippen LogP contribution in [-0.2, 0) is 16.0 Å². The summed E-state index contributed by atoms with van der Waals surface area (Å²) < 4.78 is 10.2. The van der Waals surface area contributed by atoms with Gasteiger partial charge in [-0.3, -0.25) is 4.79 Å². The lowest BCUT2D eigenvalue weighted by molar-refractivity contribution is -0.115. The fourth-order valence-electron chi connectivity index (χ4n) is 2.41. The molecule has 0 spiro atoms. The van der Waals surface area contributed by atoms with Crippen molar-refractivity contribution in [1.29, 1.82) is 0 Å². The zero-order valence-corrected chi connectivity index (χ0v) is 13.9. The Morgan fingerprint density at radius 2 is 2.08 bits per heavy atom. The molecular formula is C18H17N3O4. The summed E-state index contributed by atoms with van der Waals surface area (Å²) in [6.45, 7) is 3.97. The molecule has 0 aliphatic rings. The van der Waals surface area contributed by atoms with Gasteiger partial charge in [0.15, 0.2) is 5.58 Å². The summed E-state index contributed by atoms with van der Waals surface area (Å²) in [5.74, 6) is -0.483. The van der Waals surface area contributed by atoms with Crippen LogP contribution in [0.4, 0.5) is 5.82 Å². The summed E-state index contributed by atoms with van der Waals surface area (Å²) in [6, 6.07) is 8.67. The van der Waals surface area contributed by atoms with Crippen molar-refractivity contribution in [1.82, 2.24) is 10.1 Å². The average molecular weight is 339 g/mol. The second kappa shape index (κ2) is 7.12. The number of esters is 1. The van der Waals surface area contributed by atoms with Gasteiger partial charge < -0.3 is 14.6 Å². The number of hydrogen-bond acceptors (Lipinski definition) is 6. The van der Waals surface area contributed by atoms with Gasteiger partial charge in [-0.1, -0.05) is 16.8 Å². The summed E-state index contributed by atoms with van der Waals surface area (Å²) >= 11 is 0. The second-order valence-corrected chi connectivity index (χ2v) is 5.50. The lowest BCUT2D eigenvalue weighted by Gasteiger charge is -2.06. The number of rotatable bonds is 5. The monoisotopic (exact) mass is 339 g/mol. The van der Waals surface area contributed by atoms with E-state index in [1.54, 1.807) is 6.92 Å². The van der Waals surface area contributed by atoms with Gasteiger partial charge in [-0.2, -0.15) is 0 Å². The van der Waals surface area contributed by atoms with Crippen molar-refractivity contribution in [3.05, 3.63) is 53.3 Å². The van der Waals surface area contributed by atoms with Gasteiger partial charge in [0, 0.05) is 11.6 Å². The van der Waals surface area contributed by atoms with E-state index in [4.69, 9.17) is 9.26 Å². The van der Waals surface area contributed by atoms with Gasteiger partial charge in [-0.05, 0) is 38.1 Å². The van der Waals surface area contributed by atoms with E-state index in [0.717, 1.165) is 10.9 Å². The maximum atomic E-state index is 12.3. The van der Waals surface area contributed by atoms with Crippen LogP contribution in [0.5, 0.6) is 0 Å². The van der Waals surface area contributed by atoms with Crippen LogP contribution in [0.2, 0.25) is 0 Å². The summed E-state index contributed by atoms with van der Waals surface area (Å²) in [5.41, 5.74) is 2.57. The molecule has 2 heterocycles. The molecule has 2 aromatic heterocycles. The van der Waals surface area contributed by atoms with E-state index in [9.17, 15) is 9.59 Å². The molecule has 128 valence electrons. The third-order valence-corrected chi connectivity index (χ3v) is 3.57. The molecule has 0 saturated heterocycles. The number of fused-ring (bicyclic) bond motifs is 1. The second-order valence-electron chi connectivity index (χ2n) is 5.50. The Hall–Kier alpha value is -3.22.